The zero-order valence-electron chi connectivity index (χ0n) is 15.6. The lowest BCUT2D eigenvalue weighted by molar-refractivity contribution is -0.159. The Kier molecular flexibility index (Phi) is 7.11. The second kappa shape index (κ2) is 8.64. The number of hydrogen-bond donors (Lipinski definition) is 4. The Morgan fingerprint density at radius 1 is 0.607 bits per heavy atom. The lowest BCUT2D eigenvalue weighted by Crippen LogP contribution is -2.56. The Balaban J connectivity index is 0.000000158. The quantitative estimate of drug-likeness (QED) is 0.333. The fourth-order valence-corrected chi connectivity index (χ4v) is 6.99. The molecule has 0 radical (unpaired) electrons. The summed E-state index contributed by atoms with van der Waals surface area (Å²) >= 11 is 0. The first-order valence-corrected chi connectivity index (χ1v) is 12.8. The largest absolute Gasteiger partial charge is 0.473 e. The molecule has 0 aliphatic carbocycles. The molecule has 0 amide bonds. The average molecular weight is 441 g/mol. The van der Waals surface area contributed by atoms with Crippen LogP contribution in [0.25, 0.3) is 0 Å². The van der Waals surface area contributed by atoms with Crippen molar-refractivity contribution in [1.82, 2.24) is 10.6 Å². The van der Waals surface area contributed by atoms with Crippen molar-refractivity contribution in [1.29, 1.82) is 0 Å². The van der Waals surface area contributed by atoms with Gasteiger partial charge in [0.2, 0.25) is 0 Å². The highest BCUT2D eigenvalue weighted by molar-refractivity contribution is 7.91. The molecule has 12 heteroatoms. The third-order valence-electron chi connectivity index (χ3n) is 5.96. The summed E-state index contributed by atoms with van der Waals surface area (Å²) in [7, 11) is -5.32. The zero-order chi connectivity index (χ0) is 21.1. The molecular weight excluding hydrogens is 412 g/mol. The van der Waals surface area contributed by atoms with Crippen molar-refractivity contribution < 1.29 is 36.6 Å². The maximum atomic E-state index is 11.1. The molecule has 0 saturated carbocycles. The van der Waals surface area contributed by atoms with E-state index < -0.39 is 31.6 Å². The molecule has 0 unspecified atom stereocenters. The molecule has 4 saturated heterocycles. The number of carbonyl (C=O) groups is 2. The van der Waals surface area contributed by atoms with Crippen molar-refractivity contribution in [2.24, 2.45) is 10.8 Å². The highest BCUT2D eigenvalue weighted by atomic mass is 32.2. The van der Waals surface area contributed by atoms with Crippen LogP contribution >= 0.6 is 0 Å². The van der Waals surface area contributed by atoms with Gasteiger partial charge in [0.15, 0.2) is 0 Å². The van der Waals surface area contributed by atoms with Crippen molar-refractivity contribution in [3.05, 3.63) is 0 Å². The van der Waals surface area contributed by atoms with Gasteiger partial charge in [0, 0.05) is 26.2 Å². The third kappa shape index (κ3) is 6.39. The van der Waals surface area contributed by atoms with Crippen LogP contribution in [0.4, 0.5) is 0 Å². The van der Waals surface area contributed by atoms with Crippen molar-refractivity contribution in [3.63, 3.8) is 0 Å². The minimum Gasteiger partial charge on any atom is -0.473 e. The first-order valence-electron chi connectivity index (χ1n) is 9.17. The first kappa shape index (κ1) is 23.0. The summed E-state index contributed by atoms with van der Waals surface area (Å²) in [4.78, 5) is 18.2. The Morgan fingerprint density at radius 2 is 0.857 bits per heavy atom. The zero-order valence-corrected chi connectivity index (χ0v) is 17.3. The van der Waals surface area contributed by atoms with E-state index in [2.05, 4.69) is 10.6 Å². The van der Waals surface area contributed by atoms with E-state index in [1.807, 2.05) is 0 Å². The molecule has 4 N–H and O–H groups in total. The first-order chi connectivity index (χ1) is 12.9. The van der Waals surface area contributed by atoms with Crippen LogP contribution in [0, 0.1) is 10.8 Å². The second-order valence-electron chi connectivity index (χ2n) is 8.12. The summed E-state index contributed by atoms with van der Waals surface area (Å²) in [6.45, 7) is 4.12. The maximum Gasteiger partial charge on any atom is 0.414 e. The molecule has 0 aromatic rings. The van der Waals surface area contributed by atoms with Crippen molar-refractivity contribution in [3.8, 4) is 0 Å². The van der Waals surface area contributed by atoms with Crippen LogP contribution in [0.15, 0.2) is 0 Å². The number of carboxylic acid groups (broad SMARTS) is 2. The van der Waals surface area contributed by atoms with Gasteiger partial charge in [-0.1, -0.05) is 0 Å². The summed E-state index contributed by atoms with van der Waals surface area (Å²) < 4.78 is 44.2. The van der Waals surface area contributed by atoms with Crippen molar-refractivity contribution in [2.45, 2.75) is 25.7 Å². The number of nitrogens with one attached hydrogen (secondary N) is 2. The van der Waals surface area contributed by atoms with Gasteiger partial charge < -0.3 is 20.8 Å². The summed E-state index contributed by atoms with van der Waals surface area (Å²) in [5.41, 5.74) is 0.733. The van der Waals surface area contributed by atoms with Crippen LogP contribution < -0.4 is 10.6 Å². The normalized spacial score (nSPS) is 27.6. The smallest absolute Gasteiger partial charge is 0.414 e. The highest BCUT2D eigenvalue weighted by Crippen LogP contribution is 2.36. The van der Waals surface area contributed by atoms with E-state index in [0.29, 0.717) is 33.8 Å². The molecule has 4 rings (SSSR count). The Labute approximate surface area is 164 Å². The SMILES string of the molecule is O=C(O)C(=O)O.O=S1(=O)CCC2(CC1)CNC2.O=S1(=O)CCC2(CC1)CNC2. The van der Waals surface area contributed by atoms with E-state index in [0.717, 1.165) is 51.9 Å². The molecule has 0 bridgehead atoms. The minimum absolute atomic E-state index is 0.366. The van der Waals surface area contributed by atoms with E-state index in [-0.39, 0.29) is 0 Å². The van der Waals surface area contributed by atoms with Gasteiger partial charge in [-0.3, -0.25) is 0 Å². The molecule has 0 aromatic heterocycles. The second-order valence-corrected chi connectivity index (χ2v) is 12.7. The van der Waals surface area contributed by atoms with Crippen LogP contribution in [0.1, 0.15) is 25.7 Å². The fraction of sp³-hybridized carbons (Fsp3) is 0.875. The summed E-state index contributed by atoms with van der Waals surface area (Å²) in [5, 5.41) is 21.2. The number of sulfone groups is 2. The predicted octanol–water partition coefficient (Wildman–Crippen LogP) is -1.28. The van der Waals surface area contributed by atoms with Gasteiger partial charge in [0.05, 0.1) is 23.0 Å². The molecule has 162 valence electrons. The number of rotatable bonds is 0. The monoisotopic (exact) mass is 440 g/mol. The van der Waals surface area contributed by atoms with Crippen molar-refractivity contribution in [2.75, 3.05) is 49.2 Å². The number of aliphatic carboxylic acids is 2. The topological polar surface area (TPSA) is 167 Å². The lowest BCUT2D eigenvalue weighted by atomic mass is 9.76. The average Bonchev–Trinajstić information content (AvgIpc) is 2.53. The molecule has 4 aliphatic heterocycles. The molecule has 4 heterocycles. The van der Waals surface area contributed by atoms with Crippen LogP contribution in [0.5, 0.6) is 0 Å². The van der Waals surface area contributed by atoms with Gasteiger partial charge in [-0.25, -0.2) is 26.4 Å². The number of hydrogen-bond acceptors (Lipinski definition) is 8. The van der Waals surface area contributed by atoms with E-state index in [1.165, 1.54) is 0 Å². The third-order valence-corrected chi connectivity index (χ3v) is 9.26. The van der Waals surface area contributed by atoms with Gasteiger partial charge in [-0.2, -0.15) is 0 Å². The van der Waals surface area contributed by atoms with Crippen molar-refractivity contribution >= 4 is 31.6 Å². The summed E-state index contributed by atoms with van der Waals surface area (Å²) in [6, 6.07) is 0. The van der Waals surface area contributed by atoms with E-state index in [1.54, 1.807) is 0 Å². The molecule has 28 heavy (non-hydrogen) atoms. The lowest BCUT2D eigenvalue weighted by Gasteiger charge is -2.45. The van der Waals surface area contributed by atoms with Gasteiger partial charge >= 0.3 is 11.9 Å². The maximum absolute atomic E-state index is 11.1. The fourth-order valence-electron chi connectivity index (χ4n) is 3.61. The van der Waals surface area contributed by atoms with Crippen LogP contribution in [0.3, 0.4) is 0 Å². The Morgan fingerprint density at radius 3 is 1.00 bits per heavy atom. The summed E-state index contributed by atoms with van der Waals surface area (Å²) in [5.74, 6) is -2.00. The Bertz CT molecular complexity index is 699. The van der Waals surface area contributed by atoms with E-state index in [9.17, 15) is 16.8 Å². The minimum atomic E-state index is -2.66. The molecule has 2 spiro atoms. The van der Waals surface area contributed by atoms with Gasteiger partial charge in [0.25, 0.3) is 0 Å². The van der Waals surface area contributed by atoms with Gasteiger partial charge in [0.1, 0.15) is 19.7 Å². The van der Waals surface area contributed by atoms with Gasteiger partial charge in [-0.15, -0.1) is 0 Å². The Hall–Kier alpha value is -1.24. The molecule has 4 aliphatic rings. The summed E-state index contributed by atoms with van der Waals surface area (Å²) in [6.07, 6.45) is 3.51. The molecular formula is C16H28N2O8S2. The number of carboxylic acids is 2. The molecule has 0 aromatic carbocycles. The van der Waals surface area contributed by atoms with E-state index in [4.69, 9.17) is 19.8 Å². The van der Waals surface area contributed by atoms with E-state index >= 15 is 0 Å². The van der Waals surface area contributed by atoms with Crippen LogP contribution in [-0.4, -0.2) is 88.2 Å². The highest BCUT2D eigenvalue weighted by Gasteiger charge is 2.42. The predicted molar refractivity (Wildman–Crippen MR) is 102 cm³/mol. The molecule has 4 fully saturated rings. The molecule has 10 nitrogen and oxygen atoms in total. The standard InChI is InChI=1S/2C7H13NO2S.C2H2O4/c2*9-11(10)3-1-7(2-4-11)5-8-6-7;3-1(4)2(5)6/h2*8H,1-6H2;(H,3,4)(H,5,6). The van der Waals surface area contributed by atoms with Crippen LogP contribution in [-0.2, 0) is 29.3 Å². The molecule has 0 atom stereocenters. The van der Waals surface area contributed by atoms with Gasteiger partial charge in [-0.05, 0) is 36.5 Å². The van der Waals surface area contributed by atoms with Crippen LogP contribution in [0.2, 0.25) is 0 Å².